The third kappa shape index (κ3) is 5.31. The summed E-state index contributed by atoms with van der Waals surface area (Å²) in [5, 5.41) is 10.0. The van der Waals surface area contributed by atoms with E-state index >= 15 is 0 Å². The number of nitrogens with zero attached hydrogens (tertiary/aromatic N) is 1. The van der Waals surface area contributed by atoms with Gasteiger partial charge in [-0.2, -0.15) is 0 Å². The van der Waals surface area contributed by atoms with Crippen molar-refractivity contribution in [2.24, 2.45) is 5.14 Å². The summed E-state index contributed by atoms with van der Waals surface area (Å²) in [6.07, 6.45) is 0. The van der Waals surface area contributed by atoms with Crippen LogP contribution in [0.1, 0.15) is 38.6 Å². The highest BCUT2D eigenvalue weighted by Crippen LogP contribution is 2.27. The second-order valence-corrected chi connectivity index (χ2v) is 9.75. The third-order valence-corrected chi connectivity index (χ3v) is 6.89. The summed E-state index contributed by atoms with van der Waals surface area (Å²) in [5.41, 5.74) is 1.26. The van der Waals surface area contributed by atoms with E-state index in [0.29, 0.717) is 26.7 Å². The van der Waals surface area contributed by atoms with Crippen LogP contribution in [0.3, 0.4) is 0 Å². The molecule has 1 heterocycles. The van der Waals surface area contributed by atoms with Crippen molar-refractivity contribution in [1.29, 1.82) is 0 Å². The molecule has 0 aliphatic rings. The zero-order valence-electron chi connectivity index (χ0n) is 16.7. The van der Waals surface area contributed by atoms with Gasteiger partial charge in [0.25, 0.3) is 11.8 Å². The molecular weight excluding hydrogens is 458 g/mol. The number of sulfonamides is 1. The van der Waals surface area contributed by atoms with Crippen molar-refractivity contribution in [3.63, 3.8) is 0 Å². The number of nitrogens with one attached hydrogen (secondary N) is 1. The maximum atomic E-state index is 13.0. The average Bonchev–Trinajstić information content (AvgIpc) is 3.28. The molecule has 0 spiro atoms. The topological polar surface area (TPSA) is 110 Å². The van der Waals surface area contributed by atoms with E-state index in [2.05, 4.69) is 5.32 Å². The lowest BCUT2D eigenvalue weighted by Gasteiger charge is -2.26. The summed E-state index contributed by atoms with van der Waals surface area (Å²) in [5.74, 6) is -0.639. The molecule has 7 nitrogen and oxygen atoms in total. The number of thiophene rings is 1. The fourth-order valence-corrected chi connectivity index (χ4v) is 4.25. The molecule has 2 aromatic carbocycles. The number of hydrogen-bond acceptors (Lipinski definition) is 5. The minimum absolute atomic E-state index is 0.0252. The minimum Gasteiger partial charge on any atom is -0.335 e. The van der Waals surface area contributed by atoms with E-state index in [1.807, 2.05) is 0 Å². The summed E-state index contributed by atoms with van der Waals surface area (Å²) in [6.45, 7) is 1.77. The van der Waals surface area contributed by atoms with Crippen molar-refractivity contribution in [2.75, 3.05) is 12.4 Å². The standard InChI is InChI=1S/C21H20ClN3O4S2/c1-13(14-5-3-6-16(11-14)31(23,28)29)25(2)21(27)15-8-9-17(22)18(12-15)24-20(26)19-7-4-10-30-19/h3-13H,1-2H3,(H,24,26)(H2,23,28,29). The average molecular weight is 478 g/mol. The van der Waals surface area contributed by atoms with Gasteiger partial charge in [-0.3, -0.25) is 9.59 Å². The molecule has 1 aromatic heterocycles. The van der Waals surface area contributed by atoms with Crippen LogP contribution >= 0.6 is 22.9 Å². The molecular formula is C21H20ClN3O4S2. The van der Waals surface area contributed by atoms with Crippen LogP contribution in [0.5, 0.6) is 0 Å². The molecule has 162 valence electrons. The summed E-state index contributed by atoms with van der Waals surface area (Å²) >= 11 is 7.49. The van der Waals surface area contributed by atoms with Gasteiger partial charge in [-0.25, -0.2) is 13.6 Å². The highest BCUT2D eigenvalue weighted by atomic mass is 35.5. The first-order chi connectivity index (χ1) is 14.6. The van der Waals surface area contributed by atoms with Crippen molar-refractivity contribution in [3.05, 3.63) is 81.0 Å². The van der Waals surface area contributed by atoms with Gasteiger partial charge in [0.1, 0.15) is 0 Å². The Bertz CT molecular complexity index is 1230. The van der Waals surface area contributed by atoms with Crippen LogP contribution < -0.4 is 10.5 Å². The number of benzene rings is 2. The largest absolute Gasteiger partial charge is 0.335 e. The second kappa shape index (κ2) is 9.19. The van der Waals surface area contributed by atoms with Gasteiger partial charge in [-0.05, 0) is 54.3 Å². The third-order valence-electron chi connectivity index (χ3n) is 4.78. The van der Waals surface area contributed by atoms with Crippen LogP contribution in [0, 0.1) is 0 Å². The Morgan fingerprint density at radius 3 is 2.52 bits per heavy atom. The highest BCUT2D eigenvalue weighted by molar-refractivity contribution is 7.89. The lowest BCUT2D eigenvalue weighted by Crippen LogP contribution is -2.30. The second-order valence-electron chi connectivity index (χ2n) is 6.84. The van der Waals surface area contributed by atoms with Crippen LogP contribution in [0.25, 0.3) is 0 Å². The molecule has 1 unspecified atom stereocenters. The molecule has 0 bridgehead atoms. The maximum Gasteiger partial charge on any atom is 0.265 e. The van der Waals surface area contributed by atoms with Gasteiger partial charge in [0, 0.05) is 12.6 Å². The molecule has 2 amide bonds. The fourth-order valence-electron chi connectivity index (χ4n) is 2.90. The van der Waals surface area contributed by atoms with Crippen LogP contribution in [0.15, 0.2) is 64.9 Å². The predicted octanol–water partition coefficient (Wildman–Crippen LogP) is 4.13. The zero-order chi connectivity index (χ0) is 22.8. The van der Waals surface area contributed by atoms with Crippen molar-refractivity contribution in [1.82, 2.24) is 4.90 Å². The Morgan fingerprint density at radius 1 is 1.13 bits per heavy atom. The molecule has 3 N–H and O–H groups in total. The normalized spacial score (nSPS) is 12.3. The van der Waals surface area contributed by atoms with E-state index in [9.17, 15) is 18.0 Å². The van der Waals surface area contributed by atoms with Crippen molar-refractivity contribution in [2.45, 2.75) is 17.9 Å². The number of anilines is 1. The van der Waals surface area contributed by atoms with Gasteiger partial charge in [0.15, 0.2) is 0 Å². The molecule has 0 aliphatic carbocycles. The monoisotopic (exact) mass is 477 g/mol. The van der Waals surface area contributed by atoms with Gasteiger partial charge in [0.2, 0.25) is 10.0 Å². The van der Waals surface area contributed by atoms with Crippen molar-refractivity contribution in [3.8, 4) is 0 Å². The summed E-state index contributed by atoms with van der Waals surface area (Å²) in [7, 11) is -2.25. The van der Waals surface area contributed by atoms with Crippen LogP contribution in [-0.2, 0) is 10.0 Å². The number of nitrogens with two attached hydrogens (primary N) is 1. The SMILES string of the molecule is CC(c1cccc(S(N)(=O)=O)c1)N(C)C(=O)c1ccc(Cl)c(NC(=O)c2cccs2)c1. The Kier molecular flexibility index (Phi) is 6.80. The number of carbonyl (C=O) groups excluding carboxylic acids is 2. The maximum absolute atomic E-state index is 13.0. The Balaban J connectivity index is 1.83. The Labute approximate surface area is 189 Å². The number of rotatable bonds is 6. The number of halogens is 1. The summed E-state index contributed by atoms with van der Waals surface area (Å²) in [4.78, 5) is 27.3. The molecule has 0 saturated heterocycles. The smallest absolute Gasteiger partial charge is 0.265 e. The van der Waals surface area contributed by atoms with Gasteiger partial charge in [-0.15, -0.1) is 11.3 Å². The number of carbonyl (C=O) groups is 2. The van der Waals surface area contributed by atoms with Crippen LogP contribution in [0.4, 0.5) is 5.69 Å². The first-order valence-electron chi connectivity index (χ1n) is 9.12. The predicted molar refractivity (Wildman–Crippen MR) is 122 cm³/mol. The first-order valence-corrected chi connectivity index (χ1v) is 11.9. The van der Waals surface area contributed by atoms with Crippen LogP contribution in [-0.4, -0.2) is 32.2 Å². The van der Waals surface area contributed by atoms with Gasteiger partial charge in [-0.1, -0.05) is 29.8 Å². The number of primary sulfonamides is 1. The lowest BCUT2D eigenvalue weighted by molar-refractivity contribution is 0.0742. The van der Waals surface area contributed by atoms with Gasteiger partial charge >= 0.3 is 0 Å². The zero-order valence-corrected chi connectivity index (χ0v) is 19.1. The van der Waals surface area contributed by atoms with Crippen molar-refractivity contribution >= 4 is 50.5 Å². The number of amides is 2. The molecule has 0 fully saturated rings. The Hall–Kier alpha value is -2.72. The van der Waals surface area contributed by atoms with Gasteiger partial charge < -0.3 is 10.2 Å². The molecule has 0 saturated carbocycles. The number of hydrogen-bond donors (Lipinski definition) is 2. The lowest BCUT2D eigenvalue weighted by atomic mass is 10.1. The quantitative estimate of drug-likeness (QED) is 0.556. The van der Waals surface area contributed by atoms with E-state index < -0.39 is 16.1 Å². The van der Waals surface area contributed by atoms with Crippen molar-refractivity contribution < 1.29 is 18.0 Å². The minimum atomic E-state index is -3.86. The molecule has 31 heavy (non-hydrogen) atoms. The molecule has 0 aliphatic heterocycles. The van der Waals surface area contributed by atoms with E-state index in [4.69, 9.17) is 16.7 Å². The molecule has 3 aromatic rings. The molecule has 0 radical (unpaired) electrons. The summed E-state index contributed by atoms with van der Waals surface area (Å²) < 4.78 is 23.3. The molecule has 10 heteroatoms. The van der Waals surface area contributed by atoms with E-state index in [0.717, 1.165) is 0 Å². The first kappa shape index (κ1) is 23.0. The van der Waals surface area contributed by atoms with Gasteiger partial charge in [0.05, 0.1) is 26.5 Å². The molecule has 3 rings (SSSR count). The van der Waals surface area contributed by atoms with Crippen LogP contribution in [0.2, 0.25) is 5.02 Å². The summed E-state index contributed by atoms with van der Waals surface area (Å²) in [6, 6.07) is 13.8. The molecule has 1 atom stereocenters. The van der Waals surface area contributed by atoms with E-state index in [1.165, 1.54) is 34.4 Å². The van der Waals surface area contributed by atoms with E-state index in [-0.39, 0.29) is 16.7 Å². The highest BCUT2D eigenvalue weighted by Gasteiger charge is 2.21. The fraction of sp³-hybridized carbons (Fsp3) is 0.143. The van der Waals surface area contributed by atoms with E-state index in [1.54, 1.807) is 55.7 Å². The Morgan fingerprint density at radius 2 is 1.87 bits per heavy atom.